The highest BCUT2D eigenvalue weighted by Gasteiger charge is 2.46. The van der Waals surface area contributed by atoms with E-state index in [0.717, 1.165) is 30.7 Å². The lowest BCUT2D eigenvalue weighted by molar-refractivity contribution is -0.0436. The van der Waals surface area contributed by atoms with Crippen LogP contribution in [0.4, 0.5) is 29.1 Å². The summed E-state index contributed by atoms with van der Waals surface area (Å²) in [6.45, 7) is 1.01. The Hall–Kier alpha value is -3.18. The first-order valence-electron chi connectivity index (χ1n) is 11.3. The molecule has 1 aliphatic carbocycles. The minimum atomic E-state index is -5.50. The number of nitriles is 1. The van der Waals surface area contributed by atoms with Gasteiger partial charge in [-0.3, -0.25) is 14.4 Å². The Balaban J connectivity index is 1.53. The van der Waals surface area contributed by atoms with Crippen molar-refractivity contribution in [3.63, 3.8) is 0 Å². The summed E-state index contributed by atoms with van der Waals surface area (Å²) >= 11 is 0. The molecule has 0 spiro atoms. The number of hydrogen-bond acceptors (Lipinski definition) is 7. The van der Waals surface area contributed by atoms with Crippen LogP contribution in [-0.4, -0.2) is 59.8 Å². The van der Waals surface area contributed by atoms with Crippen LogP contribution in [-0.2, 0) is 9.84 Å². The maximum absolute atomic E-state index is 13.6. The molecule has 3 unspecified atom stereocenters. The van der Waals surface area contributed by atoms with Gasteiger partial charge in [-0.25, -0.2) is 12.8 Å². The maximum atomic E-state index is 13.6. The Morgan fingerprint density at radius 1 is 1.19 bits per heavy atom. The normalized spacial score (nSPS) is 25.4. The zero-order valence-electron chi connectivity index (χ0n) is 18.9. The van der Waals surface area contributed by atoms with E-state index in [0.29, 0.717) is 32.4 Å². The number of alkyl halides is 4. The third-order valence-electron chi connectivity index (χ3n) is 6.70. The average molecular weight is 529 g/mol. The topological polar surface area (TPSA) is 134 Å². The van der Waals surface area contributed by atoms with Gasteiger partial charge in [0.25, 0.3) is 15.7 Å². The zero-order chi connectivity index (χ0) is 26.3. The molecule has 1 saturated carbocycles. The zero-order valence-corrected chi connectivity index (χ0v) is 19.8. The Bertz CT molecular complexity index is 1270. The van der Waals surface area contributed by atoms with Gasteiger partial charge >= 0.3 is 5.51 Å². The van der Waals surface area contributed by atoms with E-state index in [-0.39, 0.29) is 29.2 Å². The summed E-state index contributed by atoms with van der Waals surface area (Å²) in [7, 11) is -5.50. The molecule has 2 heterocycles. The number of nitrogens with zero attached hydrogens (tertiary/aromatic N) is 4. The summed E-state index contributed by atoms with van der Waals surface area (Å²) in [6, 6.07) is 5.82. The molecule has 3 N–H and O–H groups in total. The molecule has 2 aromatic rings. The Morgan fingerprint density at radius 2 is 1.89 bits per heavy atom. The fourth-order valence-corrected chi connectivity index (χ4v) is 5.58. The van der Waals surface area contributed by atoms with Crippen molar-refractivity contribution in [3.05, 3.63) is 36.0 Å². The number of sulfone groups is 1. The second kappa shape index (κ2) is 9.70. The number of nitrogens with two attached hydrogens (primary N) is 1. The number of amides is 1. The number of aromatic nitrogens is 2. The van der Waals surface area contributed by atoms with Gasteiger partial charge < -0.3 is 11.1 Å². The number of carbonyl (C=O) groups excluding carboxylic acids is 1. The van der Waals surface area contributed by atoms with Crippen LogP contribution in [0.1, 0.15) is 42.1 Å². The molecule has 9 nitrogen and oxygen atoms in total. The second-order valence-electron chi connectivity index (χ2n) is 8.98. The lowest BCUT2D eigenvalue weighted by Crippen LogP contribution is -2.40. The van der Waals surface area contributed by atoms with Gasteiger partial charge in [0, 0.05) is 31.0 Å². The van der Waals surface area contributed by atoms with Gasteiger partial charge in [0.15, 0.2) is 5.82 Å². The molecule has 14 heteroatoms. The third kappa shape index (κ3) is 5.03. The van der Waals surface area contributed by atoms with Crippen molar-refractivity contribution in [3.8, 4) is 6.07 Å². The average Bonchev–Trinajstić information content (AvgIpc) is 3.45. The van der Waals surface area contributed by atoms with E-state index in [9.17, 15) is 36.0 Å². The van der Waals surface area contributed by atoms with Gasteiger partial charge in [-0.15, -0.1) is 0 Å². The van der Waals surface area contributed by atoms with Gasteiger partial charge in [0.1, 0.15) is 11.7 Å². The monoisotopic (exact) mass is 528 g/mol. The number of rotatable bonds is 6. The molecule has 1 aromatic heterocycles. The summed E-state index contributed by atoms with van der Waals surface area (Å²) < 4.78 is 76.5. The molecule has 0 bridgehead atoms. The summed E-state index contributed by atoms with van der Waals surface area (Å²) in [4.78, 5) is 13.2. The Labute approximate surface area is 204 Å². The fraction of sp³-hybridized carbons (Fsp3) is 0.500. The largest absolute Gasteiger partial charge is 0.501 e. The number of primary amides is 1. The third-order valence-corrected chi connectivity index (χ3v) is 8.20. The minimum Gasteiger partial charge on any atom is -0.365 e. The summed E-state index contributed by atoms with van der Waals surface area (Å²) in [5.74, 6) is -1.23. The highest BCUT2D eigenvalue weighted by molar-refractivity contribution is 7.92. The molecule has 2 fully saturated rings. The highest BCUT2D eigenvalue weighted by atomic mass is 32.2. The number of hydrogen-bond donors (Lipinski definition) is 2. The van der Waals surface area contributed by atoms with E-state index in [4.69, 9.17) is 5.73 Å². The van der Waals surface area contributed by atoms with E-state index in [1.54, 1.807) is 0 Å². The van der Waals surface area contributed by atoms with Gasteiger partial charge in [0.05, 0.1) is 22.9 Å². The van der Waals surface area contributed by atoms with Crippen molar-refractivity contribution >= 4 is 27.2 Å². The van der Waals surface area contributed by atoms with Crippen molar-refractivity contribution in [1.29, 1.82) is 5.26 Å². The van der Waals surface area contributed by atoms with Crippen molar-refractivity contribution < 1.29 is 30.8 Å². The van der Waals surface area contributed by atoms with Crippen LogP contribution in [0.25, 0.3) is 0 Å². The number of nitrogens with one attached hydrogen (secondary N) is 1. The summed E-state index contributed by atoms with van der Waals surface area (Å²) in [5, 5.41) is 16.9. The molecule has 0 radical (unpaired) electrons. The van der Waals surface area contributed by atoms with E-state index >= 15 is 0 Å². The summed E-state index contributed by atoms with van der Waals surface area (Å²) in [5.41, 5.74) is 0.230. The first-order chi connectivity index (χ1) is 16.9. The van der Waals surface area contributed by atoms with Gasteiger partial charge in [-0.2, -0.15) is 23.5 Å². The molecule has 1 amide bonds. The molecule has 36 heavy (non-hydrogen) atoms. The molecule has 4 rings (SSSR count). The number of likely N-dealkylation sites (tertiary alicyclic amines) is 1. The van der Waals surface area contributed by atoms with Crippen LogP contribution in [0.2, 0.25) is 0 Å². The number of carbonyl (C=O) groups is 1. The maximum Gasteiger partial charge on any atom is 0.501 e. The quantitative estimate of drug-likeness (QED) is 0.550. The van der Waals surface area contributed by atoms with E-state index in [1.165, 1.54) is 10.9 Å². The molecule has 4 atom stereocenters. The van der Waals surface area contributed by atoms with Crippen LogP contribution in [0.5, 0.6) is 0 Å². The first-order valence-corrected chi connectivity index (χ1v) is 12.7. The predicted molar refractivity (Wildman–Crippen MR) is 121 cm³/mol. The fourth-order valence-electron chi connectivity index (χ4n) is 4.82. The Kier molecular flexibility index (Phi) is 6.98. The van der Waals surface area contributed by atoms with E-state index < -0.39 is 38.2 Å². The summed E-state index contributed by atoms with van der Waals surface area (Å²) in [6.07, 6.45) is 2.85. The molecular formula is C22H24F4N6O3S. The minimum absolute atomic E-state index is 0.000571. The molecule has 2 aliphatic rings. The molecule has 194 valence electrons. The smallest absolute Gasteiger partial charge is 0.365 e. The highest BCUT2D eigenvalue weighted by Crippen LogP contribution is 2.38. The van der Waals surface area contributed by atoms with Crippen molar-refractivity contribution in [2.75, 3.05) is 18.4 Å². The molecule has 1 saturated heterocycles. The SMILES string of the molecule is N#CC1CC(N2CC[C@H](F)C2)CCC1n1cc(C(N)=O)c(Nc2ccc(S(=O)(=O)C(F)(F)F)cc2)n1. The number of benzene rings is 1. The standard InChI is InChI=1S/C22H24F4N6O3S/c23-14-7-8-31(11-14)16-3-6-19(13(9-16)10-27)32-12-18(20(28)33)21(30-32)29-15-1-4-17(5-2-15)36(34,35)22(24,25)26/h1-2,4-5,12-14,16,19H,3,6-9,11H2,(H2,28,33)(H,29,30)/t13?,14-,16?,19?/m0/s1. The molecule has 1 aliphatic heterocycles. The Morgan fingerprint density at radius 3 is 2.44 bits per heavy atom. The van der Waals surface area contributed by atoms with Crippen LogP contribution < -0.4 is 11.1 Å². The van der Waals surface area contributed by atoms with Gasteiger partial charge in [-0.05, 0) is 49.9 Å². The van der Waals surface area contributed by atoms with Crippen LogP contribution >= 0.6 is 0 Å². The van der Waals surface area contributed by atoms with Crippen LogP contribution in [0, 0.1) is 17.2 Å². The lowest BCUT2D eigenvalue weighted by Gasteiger charge is -2.37. The van der Waals surface area contributed by atoms with E-state index in [1.807, 2.05) is 0 Å². The van der Waals surface area contributed by atoms with Crippen molar-refractivity contribution in [2.45, 2.75) is 54.3 Å². The number of halogens is 4. The van der Waals surface area contributed by atoms with Gasteiger partial charge in [-0.1, -0.05) is 0 Å². The number of anilines is 2. The molecular weight excluding hydrogens is 504 g/mol. The van der Waals surface area contributed by atoms with Crippen molar-refractivity contribution in [1.82, 2.24) is 14.7 Å². The second-order valence-corrected chi connectivity index (χ2v) is 10.9. The van der Waals surface area contributed by atoms with Crippen LogP contribution in [0.15, 0.2) is 35.4 Å². The van der Waals surface area contributed by atoms with E-state index in [2.05, 4.69) is 21.4 Å². The predicted octanol–water partition coefficient (Wildman–Crippen LogP) is 3.30. The lowest BCUT2D eigenvalue weighted by atomic mass is 9.82. The molecule has 1 aromatic carbocycles. The van der Waals surface area contributed by atoms with Gasteiger partial charge in [0.2, 0.25) is 0 Å². The van der Waals surface area contributed by atoms with Crippen molar-refractivity contribution in [2.24, 2.45) is 11.7 Å². The first kappa shape index (κ1) is 25.9. The van der Waals surface area contributed by atoms with Crippen LogP contribution in [0.3, 0.4) is 0 Å².